The van der Waals surface area contributed by atoms with Crippen molar-refractivity contribution < 1.29 is 9.47 Å². The van der Waals surface area contributed by atoms with Gasteiger partial charge in [-0.2, -0.15) is 0 Å². The van der Waals surface area contributed by atoms with E-state index in [4.69, 9.17) is 9.47 Å². The van der Waals surface area contributed by atoms with Gasteiger partial charge in [0.05, 0.1) is 12.2 Å². The van der Waals surface area contributed by atoms with Gasteiger partial charge in [-0.25, -0.2) is 0 Å². The highest BCUT2D eigenvalue weighted by Gasteiger charge is 2.11. The van der Waals surface area contributed by atoms with Crippen LogP contribution in [0.2, 0.25) is 0 Å². The third-order valence-electron chi connectivity index (χ3n) is 5.42. The number of nitrogens with zero attached hydrogens (tertiary/aromatic N) is 2. The van der Waals surface area contributed by atoms with Crippen LogP contribution in [-0.2, 0) is 0 Å². The van der Waals surface area contributed by atoms with Crippen molar-refractivity contribution in [3.63, 3.8) is 0 Å². The molecule has 0 heterocycles. The second-order valence-electron chi connectivity index (χ2n) is 8.46. The second-order valence-corrected chi connectivity index (χ2v) is 8.46. The first-order valence-corrected chi connectivity index (χ1v) is 12.1. The van der Waals surface area contributed by atoms with Gasteiger partial charge in [0, 0.05) is 60.8 Å². The van der Waals surface area contributed by atoms with Gasteiger partial charge in [-0.05, 0) is 79.7 Å². The second kappa shape index (κ2) is 12.4. The highest BCUT2D eigenvalue weighted by atomic mass is 16.5. The van der Waals surface area contributed by atoms with Gasteiger partial charge in [0.2, 0.25) is 0 Å². The fourth-order valence-corrected chi connectivity index (χ4v) is 3.78. The minimum absolute atomic E-state index is 0.113. The topological polar surface area (TPSA) is 24.9 Å². The summed E-state index contributed by atoms with van der Waals surface area (Å²) in [6.07, 6.45) is 4.48. The first kappa shape index (κ1) is 25.6. The Morgan fingerprint density at radius 2 is 0.969 bits per heavy atom. The Labute approximate surface area is 195 Å². The van der Waals surface area contributed by atoms with Crippen molar-refractivity contribution in [1.82, 2.24) is 0 Å². The Balaban J connectivity index is 2.44. The normalized spacial score (nSPS) is 11.4. The Morgan fingerprint density at radius 1 is 0.625 bits per heavy atom. The van der Waals surface area contributed by atoms with Crippen LogP contribution < -0.4 is 19.3 Å². The molecular weight excluding hydrogens is 396 g/mol. The van der Waals surface area contributed by atoms with Crippen molar-refractivity contribution in [2.45, 2.75) is 67.6 Å². The van der Waals surface area contributed by atoms with E-state index in [1.165, 1.54) is 11.4 Å². The fraction of sp³-hybridized carbons (Fsp3) is 0.500. The van der Waals surface area contributed by atoms with E-state index < -0.39 is 0 Å². The van der Waals surface area contributed by atoms with Gasteiger partial charge in [-0.1, -0.05) is 12.2 Å². The van der Waals surface area contributed by atoms with E-state index in [-0.39, 0.29) is 12.2 Å². The van der Waals surface area contributed by atoms with E-state index in [9.17, 15) is 0 Å². The molecule has 0 amide bonds. The van der Waals surface area contributed by atoms with Crippen LogP contribution in [0.1, 0.15) is 66.5 Å². The van der Waals surface area contributed by atoms with Crippen molar-refractivity contribution in [2.24, 2.45) is 0 Å². The zero-order valence-corrected chi connectivity index (χ0v) is 21.3. The van der Waals surface area contributed by atoms with Crippen molar-refractivity contribution in [3.8, 4) is 11.5 Å². The van der Waals surface area contributed by atoms with E-state index in [1.807, 2.05) is 0 Å². The third kappa shape index (κ3) is 6.94. The largest absolute Gasteiger partial charge is 0.490 e. The zero-order chi connectivity index (χ0) is 23.7. The van der Waals surface area contributed by atoms with Crippen LogP contribution in [0.5, 0.6) is 11.5 Å². The average molecular weight is 439 g/mol. The summed E-state index contributed by atoms with van der Waals surface area (Å²) in [5.74, 6) is 1.82. The highest BCUT2D eigenvalue weighted by Crippen LogP contribution is 2.31. The third-order valence-corrected chi connectivity index (χ3v) is 5.42. The lowest BCUT2D eigenvalue weighted by Gasteiger charge is -2.23. The standard InChI is InChI=1S/C28H42N2O2/c1-9-29(10-2)25-17-15-23(27(19-25)31-21(5)6)13-14-24-16-18-26(30(11-3)12-4)20-28(24)32-22(7)8/h13-22H,9-12H2,1-8H3/b14-13+. The molecule has 176 valence electrons. The molecule has 0 atom stereocenters. The zero-order valence-electron chi connectivity index (χ0n) is 21.3. The Morgan fingerprint density at radius 3 is 1.25 bits per heavy atom. The maximum Gasteiger partial charge on any atom is 0.128 e. The predicted molar refractivity (Wildman–Crippen MR) is 140 cm³/mol. The van der Waals surface area contributed by atoms with Crippen molar-refractivity contribution in [1.29, 1.82) is 0 Å². The maximum atomic E-state index is 6.17. The van der Waals surface area contributed by atoms with Gasteiger partial charge in [-0.3, -0.25) is 0 Å². The minimum Gasteiger partial charge on any atom is -0.490 e. The van der Waals surface area contributed by atoms with E-state index in [0.717, 1.165) is 48.8 Å². The molecule has 2 aromatic carbocycles. The molecule has 0 fully saturated rings. The summed E-state index contributed by atoms with van der Waals surface area (Å²) in [6.45, 7) is 20.9. The molecule has 2 aromatic rings. The molecule has 32 heavy (non-hydrogen) atoms. The van der Waals surface area contributed by atoms with Crippen LogP contribution in [0.3, 0.4) is 0 Å². The Hall–Kier alpha value is -2.62. The van der Waals surface area contributed by atoms with E-state index >= 15 is 0 Å². The van der Waals surface area contributed by atoms with Gasteiger partial charge in [0.25, 0.3) is 0 Å². The van der Waals surface area contributed by atoms with E-state index in [1.54, 1.807) is 0 Å². The van der Waals surface area contributed by atoms with Gasteiger partial charge >= 0.3 is 0 Å². The lowest BCUT2D eigenvalue weighted by atomic mass is 10.1. The van der Waals surface area contributed by atoms with Crippen LogP contribution in [-0.4, -0.2) is 38.4 Å². The van der Waals surface area contributed by atoms with Crippen molar-refractivity contribution >= 4 is 23.5 Å². The number of hydrogen-bond acceptors (Lipinski definition) is 4. The lowest BCUT2D eigenvalue weighted by Crippen LogP contribution is -2.22. The van der Waals surface area contributed by atoms with Crippen LogP contribution in [0, 0.1) is 0 Å². The molecule has 4 nitrogen and oxygen atoms in total. The molecule has 0 radical (unpaired) electrons. The summed E-state index contributed by atoms with van der Waals surface area (Å²) in [6, 6.07) is 13.0. The van der Waals surface area contributed by atoms with Crippen molar-refractivity contribution in [3.05, 3.63) is 47.5 Å². The molecule has 0 N–H and O–H groups in total. The number of rotatable bonds is 12. The molecule has 2 rings (SSSR count). The molecule has 0 unspecified atom stereocenters. The molecule has 0 saturated heterocycles. The molecule has 0 saturated carbocycles. The van der Waals surface area contributed by atoms with Crippen LogP contribution in [0.15, 0.2) is 36.4 Å². The van der Waals surface area contributed by atoms with Crippen LogP contribution >= 0.6 is 0 Å². The summed E-state index contributed by atoms with van der Waals surface area (Å²) in [5.41, 5.74) is 4.52. The molecule has 0 aliphatic rings. The van der Waals surface area contributed by atoms with Crippen LogP contribution in [0.4, 0.5) is 11.4 Å². The number of benzene rings is 2. The van der Waals surface area contributed by atoms with Gasteiger partial charge in [0.15, 0.2) is 0 Å². The van der Waals surface area contributed by atoms with Crippen molar-refractivity contribution in [2.75, 3.05) is 36.0 Å². The molecule has 0 aliphatic heterocycles. The minimum atomic E-state index is 0.113. The van der Waals surface area contributed by atoms with E-state index in [2.05, 4.69) is 114 Å². The lowest BCUT2D eigenvalue weighted by molar-refractivity contribution is 0.241. The Bertz CT molecular complexity index is 794. The van der Waals surface area contributed by atoms with Crippen LogP contribution in [0.25, 0.3) is 12.2 Å². The molecule has 4 heteroatoms. The highest BCUT2D eigenvalue weighted by molar-refractivity contribution is 5.77. The smallest absolute Gasteiger partial charge is 0.128 e. The first-order valence-electron chi connectivity index (χ1n) is 12.1. The maximum absolute atomic E-state index is 6.17. The molecule has 0 aromatic heterocycles. The van der Waals surface area contributed by atoms with Gasteiger partial charge in [0.1, 0.15) is 11.5 Å². The van der Waals surface area contributed by atoms with E-state index in [0.29, 0.717) is 0 Å². The molecular formula is C28H42N2O2. The summed E-state index contributed by atoms with van der Waals surface area (Å²) < 4.78 is 12.3. The number of hydrogen-bond donors (Lipinski definition) is 0. The predicted octanol–water partition coefficient (Wildman–Crippen LogP) is 7.12. The fourth-order valence-electron chi connectivity index (χ4n) is 3.78. The first-order chi connectivity index (χ1) is 15.3. The SMILES string of the molecule is CCN(CC)c1ccc(/C=C/c2ccc(N(CC)CC)cc2OC(C)C)c(OC(C)C)c1. The number of ether oxygens (including phenoxy) is 2. The van der Waals surface area contributed by atoms with Gasteiger partial charge in [-0.15, -0.1) is 0 Å². The monoisotopic (exact) mass is 438 g/mol. The summed E-state index contributed by atoms with van der Waals surface area (Å²) >= 11 is 0. The molecule has 0 bridgehead atoms. The average Bonchev–Trinajstić information content (AvgIpc) is 2.75. The summed E-state index contributed by atoms with van der Waals surface area (Å²) in [7, 11) is 0. The molecule has 0 aliphatic carbocycles. The number of anilines is 2. The molecule has 0 spiro atoms. The van der Waals surface area contributed by atoms with Gasteiger partial charge < -0.3 is 19.3 Å². The summed E-state index contributed by atoms with van der Waals surface area (Å²) in [5, 5.41) is 0. The Kier molecular flexibility index (Phi) is 9.96. The summed E-state index contributed by atoms with van der Waals surface area (Å²) in [4.78, 5) is 4.67. The quantitative estimate of drug-likeness (QED) is 0.329.